The normalized spacial score (nSPS) is 14.9. The molecule has 74 valence electrons. The van der Waals surface area contributed by atoms with Gasteiger partial charge in [0.2, 0.25) is 0 Å². The maximum absolute atomic E-state index is 12.7. The lowest BCUT2D eigenvalue weighted by atomic mass is 10.4. The quantitative estimate of drug-likeness (QED) is 0.751. The van der Waals surface area contributed by atoms with Crippen LogP contribution in [0.5, 0.6) is 0 Å². The number of halogens is 1. The van der Waals surface area contributed by atoms with Gasteiger partial charge < -0.3 is 10.6 Å². The van der Waals surface area contributed by atoms with Crippen LogP contribution >= 0.6 is 0 Å². The highest BCUT2D eigenvalue weighted by Crippen LogP contribution is 2.18. The van der Waals surface area contributed by atoms with Gasteiger partial charge >= 0.3 is 6.03 Å². The van der Waals surface area contributed by atoms with Gasteiger partial charge in [-0.05, 0) is 12.8 Å². The van der Waals surface area contributed by atoms with Crippen molar-refractivity contribution in [1.82, 2.24) is 10.3 Å². The van der Waals surface area contributed by atoms with Crippen molar-refractivity contribution >= 4 is 11.7 Å². The number of aromatic nitrogens is 1. The molecule has 1 aromatic heterocycles. The number of rotatable bonds is 2. The van der Waals surface area contributed by atoms with Gasteiger partial charge in [0, 0.05) is 12.1 Å². The third-order valence-corrected chi connectivity index (χ3v) is 1.88. The molecule has 0 aromatic carbocycles. The van der Waals surface area contributed by atoms with Gasteiger partial charge in [0.25, 0.3) is 0 Å². The van der Waals surface area contributed by atoms with E-state index in [9.17, 15) is 9.18 Å². The molecule has 0 aliphatic heterocycles. The lowest BCUT2D eigenvalue weighted by Crippen LogP contribution is -2.30. The molecule has 1 aromatic rings. The molecule has 0 saturated heterocycles. The molecule has 1 fully saturated rings. The van der Waals surface area contributed by atoms with Crippen LogP contribution in [0, 0.1) is 5.82 Å². The van der Waals surface area contributed by atoms with E-state index in [1.165, 1.54) is 12.3 Å². The Morgan fingerprint density at radius 3 is 2.93 bits per heavy atom. The summed E-state index contributed by atoms with van der Waals surface area (Å²) in [5.41, 5.74) is 0.364. The van der Waals surface area contributed by atoms with E-state index in [0.29, 0.717) is 5.69 Å². The number of urea groups is 1. The first-order chi connectivity index (χ1) is 6.74. The zero-order valence-electron chi connectivity index (χ0n) is 7.46. The molecule has 5 heteroatoms. The van der Waals surface area contributed by atoms with Gasteiger partial charge in [0.15, 0.2) is 0 Å². The Morgan fingerprint density at radius 2 is 2.29 bits per heavy atom. The average molecular weight is 195 g/mol. The van der Waals surface area contributed by atoms with Gasteiger partial charge in [0.05, 0.1) is 18.1 Å². The summed E-state index contributed by atoms with van der Waals surface area (Å²) < 4.78 is 12.7. The maximum Gasteiger partial charge on any atom is 0.319 e. The van der Waals surface area contributed by atoms with E-state index in [0.717, 1.165) is 19.0 Å². The minimum atomic E-state index is -0.464. The van der Waals surface area contributed by atoms with Crippen LogP contribution in [-0.2, 0) is 0 Å². The Hall–Kier alpha value is -1.65. The second kappa shape index (κ2) is 3.61. The highest BCUT2D eigenvalue weighted by Gasteiger charge is 2.23. The van der Waals surface area contributed by atoms with Gasteiger partial charge in [-0.15, -0.1) is 0 Å². The zero-order chi connectivity index (χ0) is 9.97. The Labute approximate surface area is 80.5 Å². The Balaban J connectivity index is 1.92. The average Bonchev–Trinajstić information content (AvgIpc) is 2.87. The number of nitrogens with one attached hydrogen (secondary N) is 2. The van der Waals surface area contributed by atoms with Crippen LogP contribution in [0.3, 0.4) is 0 Å². The number of hydrogen-bond acceptors (Lipinski definition) is 2. The molecule has 2 N–H and O–H groups in total. The second-order valence-corrected chi connectivity index (χ2v) is 3.26. The molecule has 1 heterocycles. The molecule has 0 unspecified atom stereocenters. The maximum atomic E-state index is 12.7. The van der Waals surface area contributed by atoms with Crippen molar-refractivity contribution in [2.45, 2.75) is 18.9 Å². The third-order valence-electron chi connectivity index (χ3n) is 1.88. The van der Waals surface area contributed by atoms with E-state index in [4.69, 9.17) is 0 Å². The lowest BCUT2D eigenvalue weighted by Gasteiger charge is -2.05. The topological polar surface area (TPSA) is 54.0 Å². The highest BCUT2D eigenvalue weighted by molar-refractivity contribution is 5.89. The molecule has 1 aliphatic carbocycles. The van der Waals surface area contributed by atoms with Crippen molar-refractivity contribution in [3.63, 3.8) is 0 Å². The Kier molecular flexibility index (Phi) is 2.30. The van der Waals surface area contributed by atoms with Crippen LogP contribution < -0.4 is 10.6 Å². The SMILES string of the molecule is O=C(Nc1cncc(F)c1)NC1CC1. The highest BCUT2D eigenvalue weighted by atomic mass is 19.1. The van der Waals surface area contributed by atoms with Crippen molar-refractivity contribution in [1.29, 1.82) is 0 Å². The molecular weight excluding hydrogens is 185 g/mol. The number of amides is 2. The smallest absolute Gasteiger partial charge is 0.319 e. The van der Waals surface area contributed by atoms with E-state index in [1.54, 1.807) is 0 Å². The van der Waals surface area contributed by atoms with Crippen LogP contribution in [0.25, 0.3) is 0 Å². The molecule has 0 spiro atoms. The molecule has 0 atom stereocenters. The van der Waals surface area contributed by atoms with Gasteiger partial charge in [-0.25, -0.2) is 9.18 Å². The number of hydrogen-bond donors (Lipinski definition) is 2. The molecule has 4 nitrogen and oxygen atoms in total. The monoisotopic (exact) mass is 195 g/mol. The summed E-state index contributed by atoms with van der Waals surface area (Å²) in [5, 5.41) is 5.22. The van der Waals surface area contributed by atoms with Crippen molar-refractivity contribution < 1.29 is 9.18 Å². The van der Waals surface area contributed by atoms with Gasteiger partial charge in [-0.2, -0.15) is 0 Å². The first kappa shape index (κ1) is 8.93. The molecule has 2 amide bonds. The van der Waals surface area contributed by atoms with E-state index in [1.807, 2.05) is 0 Å². The van der Waals surface area contributed by atoms with Gasteiger partial charge in [0.1, 0.15) is 5.82 Å². The third kappa shape index (κ3) is 2.42. The van der Waals surface area contributed by atoms with E-state index in [2.05, 4.69) is 15.6 Å². The van der Waals surface area contributed by atoms with Crippen LogP contribution in [0.4, 0.5) is 14.9 Å². The van der Waals surface area contributed by atoms with E-state index in [-0.39, 0.29) is 12.1 Å². The fourth-order valence-electron chi connectivity index (χ4n) is 1.06. The number of anilines is 1. The molecule has 2 rings (SSSR count). The fourth-order valence-corrected chi connectivity index (χ4v) is 1.06. The van der Waals surface area contributed by atoms with Gasteiger partial charge in [-0.1, -0.05) is 0 Å². The van der Waals surface area contributed by atoms with E-state index >= 15 is 0 Å². The molecular formula is C9H10FN3O. The number of pyridine rings is 1. The molecule has 1 saturated carbocycles. The lowest BCUT2D eigenvalue weighted by molar-refractivity contribution is 0.251. The largest absolute Gasteiger partial charge is 0.335 e. The van der Waals surface area contributed by atoms with Crippen LogP contribution in [0.1, 0.15) is 12.8 Å². The summed E-state index contributed by atoms with van der Waals surface area (Å²) >= 11 is 0. The summed E-state index contributed by atoms with van der Waals surface area (Å²) in [4.78, 5) is 14.8. The minimum absolute atomic E-state index is 0.288. The molecule has 1 aliphatic rings. The number of carbonyl (C=O) groups excluding carboxylic acids is 1. The molecule has 14 heavy (non-hydrogen) atoms. The van der Waals surface area contributed by atoms with Crippen LogP contribution in [0.2, 0.25) is 0 Å². The summed E-state index contributed by atoms with van der Waals surface area (Å²) in [6.07, 6.45) is 4.53. The number of carbonyl (C=O) groups is 1. The van der Waals surface area contributed by atoms with Crippen molar-refractivity contribution in [2.75, 3.05) is 5.32 Å². The summed E-state index contributed by atoms with van der Waals surface area (Å²) in [6, 6.07) is 1.20. The van der Waals surface area contributed by atoms with Crippen LogP contribution in [0.15, 0.2) is 18.5 Å². The van der Waals surface area contributed by atoms with Crippen molar-refractivity contribution in [3.05, 3.63) is 24.3 Å². The fraction of sp³-hybridized carbons (Fsp3) is 0.333. The second-order valence-electron chi connectivity index (χ2n) is 3.26. The number of nitrogens with zero attached hydrogens (tertiary/aromatic N) is 1. The standard InChI is InChI=1S/C9H10FN3O/c10-6-3-8(5-11-4-6)13-9(14)12-7-1-2-7/h3-5,7H,1-2H2,(H2,12,13,14). The first-order valence-electron chi connectivity index (χ1n) is 4.42. The minimum Gasteiger partial charge on any atom is -0.335 e. The predicted octanol–water partition coefficient (Wildman–Crippen LogP) is 1.50. The summed E-state index contributed by atoms with van der Waals surface area (Å²) in [7, 11) is 0. The van der Waals surface area contributed by atoms with E-state index < -0.39 is 5.82 Å². The predicted molar refractivity (Wildman–Crippen MR) is 49.4 cm³/mol. The molecule has 0 bridgehead atoms. The zero-order valence-corrected chi connectivity index (χ0v) is 7.46. The van der Waals surface area contributed by atoms with Gasteiger partial charge in [-0.3, -0.25) is 4.98 Å². The van der Waals surface area contributed by atoms with Crippen LogP contribution in [-0.4, -0.2) is 17.1 Å². The Bertz CT molecular complexity index is 352. The first-order valence-corrected chi connectivity index (χ1v) is 4.42. The Morgan fingerprint density at radius 1 is 1.50 bits per heavy atom. The molecule has 0 radical (unpaired) electrons. The summed E-state index contributed by atoms with van der Waals surface area (Å²) in [6.45, 7) is 0. The van der Waals surface area contributed by atoms with Crippen molar-refractivity contribution in [3.8, 4) is 0 Å². The van der Waals surface area contributed by atoms with Crippen molar-refractivity contribution in [2.24, 2.45) is 0 Å². The summed E-state index contributed by atoms with van der Waals surface area (Å²) in [5.74, 6) is -0.464.